The Kier molecular flexibility index (Phi) is 6.37. The average molecular weight is 372 g/mol. The lowest BCUT2D eigenvalue weighted by Crippen LogP contribution is -2.35. The number of hydrogen-bond acceptors (Lipinski definition) is 4. The van der Waals surface area contributed by atoms with Crippen LogP contribution < -0.4 is 14.8 Å². The minimum Gasteiger partial charge on any atom is -0.481 e. The predicted molar refractivity (Wildman–Crippen MR) is 84.1 cm³/mol. The summed E-state index contributed by atoms with van der Waals surface area (Å²) in [6, 6.07) is 8.19. The van der Waals surface area contributed by atoms with Crippen LogP contribution in [0.2, 0.25) is 0 Å². The van der Waals surface area contributed by atoms with Crippen LogP contribution in [0.15, 0.2) is 42.6 Å². The molecule has 0 saturated heterocycles. The lowest BCUT2D eigenvalue weighted by molar-refractivity contribution is -0.154. The van der Waals surface area contributed by atoms with Gasteiger partial charge in [0.05, 0.1) is 0 Å². The van der Waals surface area contributed by atoms with Gasteiger partial charge in [0.15, 0.2) is 12.7 Å². The van der Waals surface area contributed by atoms with Gasteiger partial charge in [0, 0.05) is 24.9 Å². The van der Waals surface area contributed by atoms with Crippen LogP contribution in [0.1, 0.15) is 12.5 Å². The van der Waals surface area contributed by atoms with Crippen molar-refractivity contribution in [1.29, 1.82) is 0 Å². The molecule has 1 amide bonds. The Bertz CT molecular complexity index is 753. The summed E-state index contributed by atoms with van der Waals surface area (Å²) in [6.45, 7) is 0.0829. The van der Waals surface area contributed by atoms with Crippen LogP contribution in [0.4, 0.5) is 17.6 Å². The highest BCUT2D eigenvalue weighted by molar-refractivity contribution is 5.80. The highest BCUT2D eigenvalue weighted by Crippen LogP contribution is 2.18. The SMILES string of the molecule is CC(Oc1cccc(F)c1)C(=O)NCc1ccnc(OCC(F)(F)F)c1. The van der Waals surface area contributed by atoms with Gasteiger partial charge in [0.1, 0.15) is 11.6 Å². The molecule has 0 bridgehead atoms. The normalized spacial score (nSPS) is 12.3. The molecule has 26 heavy (non-hydrogen) atoms. The van der Waals surface area contributed by atoms with Crippen LogP contribution in [0.5, 0.6) is 11.6 Å². The number of benzene rings is 1. The van der Waals surface area contributed by atoms with Crippen molar-refractivity contribution in [2.75, 3.05) is 6.61 Å². The summed E-state index contributed by atoms with van der Waals surface area (Å²) in [6.07, 6.45) is -4.07. The number of rotatable bonds is 7. The first-order valence-electron chi connectivity index (χ1n) is 7.57. The van der Waals surface area contributed by atoms with E-state index in [0.717, 1.165) is 6.07 Å². The summed E-state index contributed by atoms with van der Waals surface area (Å²) in [5, 5.41) is 2.57. The van der Waals surface area contributed by atoms with Crippen molar-refractivity contribution in [2.24, 2.45) is 0 Å². The number of nitrogens with one attached hydrogen (secondary N) is 1. The second-order valence-electron chi connectivity index (χ2n) is 5.34. The smallest absolute Gasteiger partial charge is 0.422 e. The van der Waals surface area contributed by atoms with E-state index in [9.17, 15) is 22.4 Å². The average Bonchev–Trinajstić information content (AvgIpc) is 2.57. The number of hydrogen-bond donors (Lipinski definition) is 1. The third-order valence-corrected chi connectivity index (χ3v) is 3.13. The Morgan fingerprint density at radius 3 is 2.73 bits per heavy atom. The molecule has 1 aromatic heterocycles. The molecule has 9 heteroatoms. The van der Waals surface area contributed by atoms with Gasteiger partial charge in [0.25, 0.3) is 5.91 Å². The van der Waals surface area contributed by atoms with Crippen molar-refractivity contribution >= 4 is 5.91 Å². The summed E-state index contributed by atoms with van der Waals surface area (Å²) < 4.78 is 59.4. The molecule has 0 saturated carbocycles. The molecule has 140 valence electrons. The summed E-state index contributed by atoms with van der Waals surface area (Å²) in [4.78, 5) is 15.7. The largest absolute Gasteiger partial charge is 0.481 e. The molecule has 1 atom stereocenters. The number of amides is 1. The Labute approximate surface area is 146 Å². The number of aromatic nitrogens is 1. The molecule has 2 rings (SSSR count). The maximum Gasteiger partial charge on any atom is 0.422 e. The molecule has 0 fully saturated rings. The van der Waals surface area contributed by atoms with Gasteiger partial charge in [-0.15, -0.1) is 0 Å². The third-order valence-electron chi connectivity index (χ3n) is 3.13. The van der Waals surface area contributed by atoms with Crippen molar-refractivity contribution < 1.29 is 31.8 Å². The first-order chi connectivity index (χ1) is 12.2. The topological polar surface area (TPSA) is 60.5 Å². The molecule has 2 aromatic rings. The van der Waals surface area contributed by atoms with Crippen LogP contribution in [0.3, 0.4) is 0 Å². The highest BCUT2D eigenvalue weighted by atomic mass is 19.4. The molecular formula is C17H16F4N2O3. The second-order valence-corrected chi connectivity index (χ2v) is 5.34. The van der Waals surface area contributed by atoms with Gasteiger partial charge in [-0.3, -0.25) is 4.79 Å². The van der Waals surface area contributed by atoms with Crippen molar-refractivity contribution in [3.05, 3.63) is 54.0 Å². The van der Waals surface area contributed by atoms with Crippen LogP contribution >= 0.6 is 0 Å². The van der Waals surface area contributed by atoms with Gasteiger partial charge in [-0.25, -0.2) is 9.37 Å². The van der Waals surface area contributed by atoms with E-state index in [0.29, 0.717) is 5.56 Å². The van der Waals surface area contributed by atoms with Gasteiger partial charge < -0.3 is 14.8 Å². The van der Waals surface area contributed by atoms with Gasteiger partial charge >= 0.3 is 6.18 Å². The van der Waals surface area contributed by atoms with Crippen LogP contribution in [-0.2, 0) is 11.3 Å². The standard InChI is InChI=1S/C17H16F4N2O3/c1-11(26-14-4-2-3-13(18)8-14)16(24)23-9-12-5-6-22-15(7-12)25-10-17(19,20)21/h2-8,11H,9-10H2,1H3,(H,23,24). The zero-order valence-corrected chi connectivity index (χ0v) is 13.7. The molecule has 0 spiro atoms. The molecule has 0 aliphatic rings. The maximum atomic E-state index is 13.1. The minimum atomic E-state index is -4.46. The number of ether oxygens (including phenoxy) is 2. The fourth-order valence-corrected chi connectivity index (χ4v) is 1.93. The highest BCUT2D eigenvalue weighted by Gasteiger charge is 2.28. The fourth-order valence-electron chi connectivity index (χ4n) is 1.93. The Hall–Kier alpha value is -2.84. The van der Waals surface area contributed by atoms with Gasteiger partial charge in [-0.05, 0) is 30.7 Å². The lowest BCUT2D eigenvalue weighted by Gasteiger charge is -2.15. The predicted octanol–water partition coefficient (Wildman–Crippen LogP) is 3.25. The molecule has 1 heterocycles. The number of halogens is 4. The molecule has 0 radical (unpaired) electrons. The lowest BCUT2D eigenvalue weighted by atomic mass is 10.2. The van der Waals surface area contributed by atoms with E-state index in [2.05, 4.69) is 15.0 Å². The number of nitrogens with zero attached hydrogens (tertiary/aromatic N) is 1. The second kappa shape index (κ2) is 8.50. The Morgan fingerprint density at radius 2 is 2.04 bits per heavy atom. The molecule has 1 unspecified atom stereocenters. The summed E-state index contributed by atoms with van der Waals surface area (Å²) >= 11 is 0. The number of pyridine rings is 1. The molecule has 0 aliphatic carbocycles. The van der Waals surface area contributed by atoms with Crippen molar-refractivity contribution in [1.82, 2.24) is 10.3 Å². The van der Waals surface area contributed by atoms with E-state index in [4.69, 9.17) is 4.74 Å². The summed E-state index contributed by atoms with van der Waals surface area (Å²) in [5.41, 5.74) is 0.503. The van der Waals surface area contributed by atoms with E-state index in [1.54, 1.807) is 0 Å². The number of alkyl halides is 3. The van der Waals surface area contributed by atoms with Crippen LogP contribution in [0, 0.1) is 5.82 Å². The van der Waals surface area contributed by atoms with Gasteiger partial charge in [-0.2, -0.15) is 13.2 Å². The van der Waals surface area contributed by atoms with E-state index >= 15 is 0 Å². The van der Waals surface area contributed by atoms with Gasteiger partial charge in [-0.1, -0.05) is 6.07 Å². The third kappa shape index (κ3) is 6.58. The zero-order chi connectivity index (χ0) is 19.2. The molecule has 5 nitrogen and oxygen atoms in total. The molecule has 0 aliphatic heterocycles. The van der Waals surface area contributed by atoms with Crippen molar-refractivity contribution in [2.45, 2.75) is 25.7 Å². The number of carbonyl (C=O) groups excluding carboxylic acids is 1. The van der Waals surface area contributed by atoms with Crippen LogP contribution in [-0.4, -0.2) is 29.8 Å². The molecule has 1 N–H and O–H groups in total. The van der Waals surface area contributed by atoms with E-state index in [1.165, 1.54) is 43.5 Å². The van der Waals surface area contributed by atoms with Gasteiger partial charge in [0.2, 0.25) is 5.88 Å². The van der Waals surface area contributed by atoms with Crippen molar-refractivity contribution in [3.8, 4) is 11.6 Å². The fraction of sp³-hybridized carbons (Fsp3) is 0.294. The minimum absolute atomic E-state index is 0.0422. The van der Waals surface area contributed by atoms with E-state index in [-0.39, 0.29) is 18.2 Å². The van der Waals surface area contributed by atoms with Crippen LogP contribution in [0.25, 0.3) is 0 Å². The molecule has 1 aromatic carbocycles. The monoisotopic (exact) mass is 372 g/mol. The number of carbonyl (C=O) groups is 1. The molecular weight excluding hydrogens is 356 g/mol. The Morgan fingerprint density at radius 1 is 1.27 bits per heavy atom. The van der Waals surface area contributed by atoms with Crippen molar-refractivity contribution in [3.63, 3.8) is 0 Å². The van der Waals surface area contributed by atoms with E-state index in [1.807, 2.05) is 0 Å². The first kappa shape index (κ1) is 19.5. The maximum absolute atomic E-state index is 13.1. The zero-order valence-electron chi connectivity index (χ0n) is 13.7. The summed E-state index contributed by atoms with van der Waals surface area (Å²) in [5.74, 6) is -0.945. The first-order valence-corrected chi connectivity index (χ1v) is 7.57. The Balaban J connectivity index is 1.86. The quantitative estimate of drug-likeness (QED) is 0.758. The van der Waals surface area contributed by atoms with E-state index < -0.39 is 30.6 Å². The summed E-state index contributed by atoms with van der Waals surface area (Å²) in [7, 11) is 0.